The van der Waals surface area contributed by atoms with Crippen LogP contribution in [0.1, 0.15) is 21.5 Å². The van der Waals surface area contributed by atoms with Crippen molar-refractivity contribution in [1.29, 1.82) is 0 Å². The number of nitrogens with one attached hydrogen (secondary N) is 1. The van der Waals surface area contributed by atoms with Gasteiger partial charge in [-0.15, -0.1) is 0 Å². The third kappa shape index (κ3) is 5.63. The van der Waals surface area contributed by atoms with Gasteiger partial charge >= 0.3 is 0 Å². The normalized spacial score (nSPS) is 11.5. The predicted molar refractivity (Wildman–Crippen MR) is 113 cm³/mol. The lowest BCUT2D eigenvalue weighted by atomic mass is 10.1. The lowest BCUT2D eigenvalue weighted by Crippen LogP contribution is -2.23. The monoisotopic (exact) mass is 407 g/mol. The van der Waals surface area contributed by atoms with E-state index in [1.165, 1.54) is 30.3 Å². The Bertz CT molecular complexity index is 1110. The Morgan fingerprint density at radius 1 is 0.966 bits per heavy atom. The van der Waals surface area contributed by atoms with E-state index in [1.807, 2.05) is 54.6 Å². The summed E-state index contributed by atoms with van der Waals surface area (Å²) in [5.74, 6) is 0.492. The SMILES string of the molecule is COc1cccc(/C=C/C(=O)c2ccc(S(=O)(=O)NCc3ccccc3)cc2)c1. The molecule has 0 aromatic heterocycles. The fourth-order valence-electron chi connectivity index (χ4n) is 2.67. The molecule has 0 spiro atoms. The number of hydrogen-bond donors (Lipinski definition) is 1. The number of sulfonamides is 1. The smallest absolute Gasteiger partial charge is 0.240 e. The van der Waals surface area contributed by atoms with Crippen LogP contribution < -0.4 is 9.46 Å². The van der Waals surface area contributed by atoms with Gasteiger partial charge in [-0.05, 0) is 53.6 Å². The van der Waals surface area contributed by atoms with Crippen LogP contribution in [0.25, 0.3) is 6.08 Å². The maximum Gasteiger partial charge on any atom is 0.240 e. The van der Waals surface area contributed by atoms with Gasteiger partial charge in [0, 0.05) is 12.1 Å². The summed E-state index contributed by atoms with van der Waals surface area (Å²) in [6.07, 6.45) is 3.14. The third-order valence-corrected chi connectivity index (χ3v) is 5.70. The quantitative estimate of drug-likeness (QED) is 0.451. The molecule has 6 heteroatoms. The summed E-state index contributed by atoms with van der Waals surface area (Å²) >= 11 is 0. The van der Waals surface area contributed by atoms with Gasteiger partial charge in [-0.2, -0.15) is 0 Å². The summed E-state index contributed by atoms with van der Waals surface area (Å²) in [7, 11) is -2.08. The molecule has 3 aromatic carbocycles. The molecule has 0 unspecified atom stereocenters. The Kier molecular flexibility index (Phi) is 6.59. The summed E-state index contributed by atoms with van der Waals surface area (Å²) in [6, 6.07) is 22.5. The van der Waals surface area contributed by atoms with Crippen LogP contribution in [0.5, 0.6) is 5.75 Å². The summed E-state index contributed by atoms with van der Waals surface area (Å²) < 4.78 is 32.6. The van der Waals surface area contributed by atoms with Crippen molar-refractivity contribution in [2.45, 2.75) is 11.4 Å². The van der Waals surface area contributed by atoms with E-state index in [4.69, 9.17) is 4.74 Å². The van der Waals surface area contributed by atoms with Crippen LogP contribution in [0.4, 0.5) is 0 Å². The molecule has 0 heterocycles. The maximum absolute atomic E-state index is 12.4. The van der Waals surface area contributed by atoms with Crippen LogP contribution in [0.3, 0.4) is 0 Å². The molecule has 0 saturated heterocycles. The minimum absolute atomic E-state index is 0.113. The minimum atomic E-state index is -3.66. The average molecular weight is 407 g/mol. The Morgan fingerprint density at radius 3 is 2.38 bits per heavy atom. The first-order valence-corrected chi connectivity index (χ1v) is 10.5. The van der Waals surface area contributed by atoms with Crippen molar-refractivity contribution in [3.05, 3.63) is 102 Å². The Hall–Kier alpha value is -3.22. The average Bonchev–Trinajstić information content (AvgIpc) is 2.77. The molecule has 0 fully saturated rings. The van der Waals surface area contributed by atoms with Crippen molar-refractivity contribution in [2.75, 3.05) is 7.11 Å². The van der Waals surface area contributed by atoms with Crippen molar-refractivity contribution in [1.82, 2.24) is 4.72 Å². The number of ether oxygens (including phenoxy) is 1. The first kappa shape index (κ1) is 20.5. The highest BCUT2D eigenvalue weighted by molar-refractivity contribution is 7.89. The molecule has 0 aliphatic rings. The number of ketones is 1. The highest BCUT2D eigenvalue weighted by Gasteiger charge is 2.14. The number of carbonyl (C=O) groups excluding carboxylic acids is 1. The molecule has 0 atom stereocenters. The Balaban J connectivity index is 1.67. The fourth-order valence-corrected chi connectivity index (χ4v) is 3.69. The molecule has 0 amide bonds. The third-order valence-electron chi connectivity index (χ3n) is 4.28. The summed E-state index contributed by atoms with van der Waals surface area (Å²) in [4.78, 5) is 12.5. The van der Waals surface area contributed by atoms with Gasteiger partial charge in [0.05, 0.1) is 12.0 Å². The van der Waals surface area contributed by atoms with Gasteiger partial charge in [-0.25, -0.2) is 13.1 Å². The molecule has 3 rings (SSSR count). The van der Waals surface area contributed by atoms with E-state index in [9.17, 15) is 13.2 Å². The van der Waals surface area contributed by atoms with E-state index < -0.39 is 10.0 Å². The van der Waals surface area contributed by atoms with Crippen LogP contribution in [0, 0.1) is 0 Å². The molecular weight excluding hydrogens is 386 g/mol. The van der Waals surface area contributed by atoms with E-state index in [1.54, 1.807) is 13.2 Å². The molecule has 0 aliphatic heterocycles. The molecule has 1 N–H and O–H groups in total. The topological polar surface area (TPSA) is 72.5 Å². The van der Waals surface area contributed by atoms with Gasteiger partial charge < -0.3 is 4.74 Å². The Morgan fingerprint density at radius 2 is 1.69 bits per heavy atom. The zero-order valence-corrected chi connectivity index (χ0v) is 16.7. The van der Waals surface area contributed by atoms with Gasteiger partial charge in [-0.1, -0.05) is 48.5 Å². The zero-order valence-electron chi connectivity index (χ0n) is 15.9. The van der Waals surface area contributed by atoms with Crippen molar-refractivity contribution < 1.29 is 17.9 Å². The second kappa shape index (κ2) is 9.32. The summed E-state index contributed by atoms with van der Waals surface area (Å²) in [6.45, 7) is 0.202. The molecule has 0 bridgehead atoms. The standard InChI is InChI=1S/C23H21NO4S/c1-28-21-9-5-8-18(16-21)10-15-23(25)20-11-13-22(14-12-20)29(26,27)24-17-19-6-3-2-4-7-19/h2-16,24H,17H2,1H3/b15-10+. The number of allylic oxidation sites excluding steroid dienone is 1. The highest BCUT2D eigenvalue weighted by Crippen LogP contribution is 2.15. The van der Waals surface area contributed by atoms with Crippen molar-refractivity contribution in [3.63, 3.8) is 0 Å². The first-order chi connectivity index (χ1) is 14.0. The van der Waals surface area contributed by atoms with Crippen molar-refractivity contribution >= 4 is 21.9 Å². The van der Waals surface area contributed by atoms with Crippen LogP contribution in [0.2, 0.25) is 0 Å². The minimum Gasteiger partial charge on any atom is -0.497 e. The number of methoxy groups -OCH3 is 1. The van der Waals surface area contributed by atoms with E-state index >= 15 is 0 Å². The molecule has 3 aromatic rings. The summed E-state index contributed by atoms with van der Waals surface area (Å²) in [5.41, 5.74) is 2.11. The first-order valence-electron chi connectivity index (χ1n) is 8.98. The van der Waals surface area contributed by atoms with Crippen LogP contribution in [-0.4, -0.2) is 21.3 Å². The molecule has 0 saturated carbocycles. The second-order valence-electron chi connectivity index (χ2n) is 6.31. The lowest BCUT2D eigenvalue weighted by Gasteiger charge is -2.07. The van der Waals surface area contributed by atoms with E-state index in [-0.39, 0.29) is 17.2 Å². The van der Waals surface area contributed by atoms with E-state index in [0.717, 1.165) is 11.1 Å². The number of benzene rings is 3. The van der Waals surface area contributed by atoms with Gasteiger partial charge in [0.2, 0.25) is 10.0 Å². The van der Waals surface area contributed by atoms with Crippen LogP contribution >= 0.6 is 0 Å². The van der Waals surface area contributed by atoms with Crippen LogP contribution in [-0.2, 0) is 16.6 Å². The zero-order chi connectivity index (χ0) is 20.7. The van der Waals surface area contributed by atoms with Gasteiger partial charge in [-0.3, -0.25) is 4.79 Å². The lowest BCUT2D eigenvalue weighted by molar-refractivity contribution is 0.104. The molecule has 148 valence electrons. The largest absolute Gasteiger partial charge is 0.497 e. The fraction of sp³-hybridized carbons (Fsp3) is 0.0870. The van der Waals surface area contributed by atoms with Crippen LogP contribution in [0.15, 0.2) is 89.8 Å². The number of rotatable bonds is 8. The van der Waals surface area contributed by atoms with Gasteiger partial charge in [0.25, 0.3) is 0 Å². The highest BCUT2D eigenvalue weighted by atomic mass is 32.2. The molecule has 29 heavy (non-hydrogen) atoms. The summed E-state index contributed by atoms with van der Waals surface area (Å²) in [5, 5.41) is 0. The second-order valence-corrected chi connectivity index (χ2v) is 8.08. The van der Waals surface area contributed by atoms with E-state index in [0.29, 0.717) is 11.3 Å². The predicted octanol–water partition coefficient (Wildman–Crippen LogP) is 4.07. The van der Waals surface area contributed by atoms with Crippen molar-refractivity contribution in [3.8, 4) is 5.75 Å². The molecular formula is C23H21NO4S. The Labute approximate surface area is 170 Å². The van der Waals surface area contributed by atoms with Crippen molar-refractivity contribution in [2.24, 2.45) is 0 Å². The molecule has 0 aliphatic carbocycles. The molecule has 0 radical (unpaired) electrons. The van der Waals surface area contributed by atoms with E-state index in [2.05, 4.69) is 4.72 Å². The molecule has 5 nitrogen and oxygen atoms in total. The van der Waals surface area contributed by atoms with Gasteiger partial charge in [0.1, 0.15) is 5.75 Å². The van der Waals surface area contributed by atoms with Gasteiger partial charge in [0.15, 0.2) is 5.78 Å². The maximum atomic E-state index is 12.4. The number of hydrogen-bond acceptors (Lipinski definition) is 4. The number of carbonyl (C=O) groups is 1.